The Kier molecular flexibility index (Phi) is 17.9. The number of methoxy groups -OCH3 is 1. The molecular weight excluding hydrogens is 960 g/mol. The molecule has 3 rings (SSSR count). The SMILES string of the molecule is CC(=O)Oc1c(I)cccc1I.CCOC(=O)Oc1ccccc1.CCOC(=O)c1cc(I)c(OC)c(I)c1. The molecule has 0 spiro atoms. The van der Waals surface area contributed by atoms with E-state index in [1.807, 2.05) is 24.3 Å². The van der Waals surface area contributed by atoms with Crippen molar-refractivity contribution in [2.24, 2.45) is 0 Å². The zero-order chi connectivity index (χ0) is 29.4. The molecule has 0 fully saturated rings. The first-order valence-electron chi connectivity index (χ1n) is 11.3. The second-order valence-electron chi connectivity index (χ2n) is 6.94. The minimum atomic E-state index is -0.663. The summed E-state index contributed by atoms with van der Waals surface area (Å²) in [5, 5.41) is 0. The fourth-order valence-corrected chi connectivity index (χ4v) is 6.48. The lowest BCUT2D eigenvalue weighted by molar-refractivity contribution is -0.132. The van der Waals surface area contributed by atoms with Crippen LogP contribution in [0.3, 0.4) is 0 Å². The van der Waals surface area contributed by atoms with Crippen LogP contribution in [-0.2, 0) is 14.3 Å². The highest BCUT2D eigenvalue weighted by Gasteiger charge is 2.13. The maximum Gasteiger partial charge on any atom is 0.513 e. The summed E-state index contributed by atoms with van der Waals surface area (Å²) in [7, 11) is 1.61. The van der Waals surface area contributed by atoms with Gasteiger partial charge in [0.25, 0.3) is 0 Å². The van der Waals surface area contributed by atoms with Gasteiger partial charge in [-0.05, 0) is 141 Å². The minimum Gasteiger partial charge on any atom is -0.495 e. The fraction of sp³-hybridized carbons (Fsp3) is 0.222. The quantitative estimate of drug-likeness (QED) is 0.106. The predicted molar refractivity (Wildman–Crippen MR) is 182 cm³/mol. The molecule has 0 N–H and O–H groups in total. The molecule has 0 aromatic heterocycles. The highest BCUT2D eigenvalue weighted by molar-refractivity contribution is 14.1. The van der Waals surface area contributed by atoms with Gasteiger partial charge >= 0.3 is 18.1 Å². The second kappa shape index (κ2) is 19.6. The van der Waals surface area contributed by atoms with E-state index in [1.54, 1.807) is 57.4 Å². The number of ether oxygens (including phenoxy) is 5. The normalized spacial score (nSPS) is 9.54. The fourth-order valence-electron chi connectivity index (χ4n) is 2.54. The van der Waals surface area contributed by atoms with Crippen molar-refractivity contribution in [3.8, 4) is 17.2 Å². The van der Waals surface area contributed by atoms with Gasteiger partial charge in [-0.2, -0.15) is 0 Å². The molecule has 0 atom stereocenters. The summed E-state index contributed by atoms with van der Waals surface area (Å²) in [5.74, 6) is 1.37. The molecule has 3 aromatic rings. The van der Waals surface area contributed by atoms with Gasteiger partial charge in [0.15, 0.2) is 5.75 Å². The maximum absolute atomic E-state index is 11.5. The van der Waals surface area contributed by atoms with E-state index in [2.05, 4.69) is 95.1 Å². The molecule has 3 aromatic carbocycles. The Balaban J connectivity index is 0.000000295. The number of esters is 2. The first-order valence-corrected chi connectivity index (χ1v) is 15.6. The molecule has 0 saturated carbocycles. The number of para-hydroxylation sites is 2. The van der Waals surface area contributed by atoms with Crippen LogP contribution in [0.5, 0.6) is 17.2 Å². The summed E-state index contributed by atoms with van der Waals surface area (Å²) in [6.45, 7) is 5.63. The van der Waals surface area contributed by atoms with Crippen LogP contribution in [0.15, 0.2) is 60.7 Å². The molecule has 0 radical (unpaired) electrons. The maximum atomic E-state index is 11.5. The van der Waals surface area contributed by atoms with Crippen molar-refractivity contribution >= 4 is 108 Å². The molecular formula is C27H26I4O8. The van der Waals surface area contributed by atoms with Gasteiger partial charge < -0.3 is 23.7 Å². The summed E-state index contributed by atoms with van der Waals surface area (Å²) < 4.78 is 28.3. The van der Waals surface area contributed by atoms with Crippen molar-refractivity contribution in [2.45, 2.75) is 20.8 Å². The van der Waals surface area contributed by atoms with E-state index in [9.17, 15) is 14.4 Å². The Hall–Kier alpha value is -1.41. The lowest BCUT2D eigenvalue weighted by Crippen LogP contribution is -2.09. The summed E-state index contributed by atoms with van der Waals surface area (Å²) >= 11 is 8.55. The average Bonchev–Trinajstić information content (AvgIpc) is 2.88. The number of hydrogen-bond donors (Lipinski definition) is 0. The average molecular weight is 986 g/mol. The number of benzene rings is 3. The van der Waals surface area contributed by atoms with Crippen LogP contribution >= 0.6 is 90.4 Å². The van der Waals surface area contributed by atoms with Crippen molar-refractivity contribution in [3.05, 3.63) is 80.5 Å². The summed E-state index contributed by atoms with van der Waals surface area (Å²) in [6, 6.07) is 18.1. The van der Waals surface area contributed by atoms with Crippen molar-refractivity contribution in [1.82, 2.24) is 0 Å². The zero-order valence-electron chi connectivity index (χ0n) is 21.5. The lowest BCUT2D eigenvalue weighted by atomic mass is 10.2. The van der Waals surface area contributed by atoms with Gasteiger partial charge in [0.1, 0.15) is 11.5 Å². The summed E-state index contributed by atoms with van der Waals surface area (Å²) in [6.07, 6.45) is -0.663. The van der Waals surface area contributed by atoms with Crippen molar-refractivity contribution in [2.75, 3.05) is 20.3 Å². The van der Waals surface area contributed by atoms with E-state index >= 15 is 0 Å². The van der Waals surface area contributed by atoms with E-state index in [-0.39, 0.29) is 11.9 Å². The Morgan fingerprint density at radius 3 is 1.69 bits per heavy atom. The summed E-state index contributed by atoms with van der Waals surface area (Å²) in [5.41, 5.74) is 0.562. The molecule has 0 heterocycles. The highest BCUT2D eigenvalue weighted by Crippen LogP contribution is 2.29. The Labute approximate surface area is 282 Å². The molecule has 0 amide bonds. The minimum absolute atomic E-state index is 0.281. The molecule has 39 heavy (non-hydrogen) atoms. The molecule has 12 heteroatoms. The van der Waals surface area contributed by atoms with Crippen LogP contribution in [0.4, 0.5) is 4.79 Å². The zero-order valence-corrected chi connectivity index (χ0v) is 30.1. The van der Waals surface area contributed by atoms with Gasteiger partial charge in [0.2, 0.25) is 0 Å². The molecule has 0 bridgehead atoms. The van der Waals surface area contributed by atoms with Crippen LogP contribution in [0.1, 0.15) is 31.1 Å². The van der Waals surface area contributed by atoms with Crippen LogP contribution in [-0.4, -0.2) is 38.4 Å². The van der Waals surface area contributed by atoms with Gasteiger partial charge in [-0.15, -0.1) is 0 Å². The number of halogens is 4. The molecule has 210 valence electrons. The Morgan fingerprint density at radius 1 is 0.692 bits per heavy atom. The Bertz CT molecular complexity index is 1190. The third-order valence-electron chi connectivity index (χ3n) is 4.08. The lowest BCUT2D eigenvalue weighted by Gasteiger charge is -2.08. The molecule has 0 aliphatic rings. The van der Waals surface area contributed by atoms with Gasteiger partial charge in [-0.1, -0.05) is 24.3 Å². The standard InChI is InChI=1S/C10H10I2O3.C9H10O3.C8H6I2O2/c1-3-15-10(13)6-4-7(11)9(14-2)8(12)5-6;1-2-11-9(10)12-8-6-4-3-5-7-8;1-5(11)12-8-6(9)3-2-4-7(8)10/h4-5H,3H2,1-2H3;3-7H,2H2,1H3;2-4H,1H3. The van der Waals surface area contributed by atoms with Gasteiger partial charge in [-0.3, -0.25) is 4.79 Å². The van der Waals surface area contributed by atoms with Crippen LogP contribution < -0.4 is 14.2 Å². The molecule has 0 aliphatic heterocycles. The molecule has 0 aliphatic carbocycles. The second-order valence-corrected chi connectivity index (χ2v) is 11.6. The molecule has 0 unspecified atom stereocenters. The topological polar surface area (TPSA) is 97.4 Å². The monoisotopic (exact) mass is 986 g/mol. The number of carbonyl (C=O) groups excluding carboxylic acids is 3. The largest absolute Gasteiger partial charge is 0.513 e. The van der Waals surface area contributed by atoms with Crippen molar-refractivity contribution in [1.29, 1.82) is 0 Å². The van der Waals surface area contributed by atoms with E-state index in [0.717, 1.165) is 20.0 Å². The number of rotatable bonds is 6. The van der Waals surface area contributed by atoms with E-state index in [0.29, 0.717) is 30.3 Å². The Morgan fingerprint density at radius 2 is 1.23 bits per heavy atom. The van der Waals surface area contributed by atoms with Crippen molar-refractivity contribution < 1.29 is 38.1 Å². The van der Waals surface area contributed by atoms with Gasteiger partial charge in [-0.25, -0.2) is 9.59 Å². The first-order chi connectivity index (χ1) is 18.5. The molecule has 0 saturated heterocycles. The van der Waals surface area contributed by atoms with Crippen LogP contribution in [0.2, 0.25) is 0 Å². The third kappa shape index (κ3) is 13.7. The highest BCUT2D eigenvalue weighted by atomic mass is 127. The first kappa shape index (κ1) is 35.6. The summed E-state index contributed by atoms with van der Waals surface area (Å²) in [4.78, 5) is 32.9. The van der Waals surface area contributed by atoms with Gasteiger partial charge in [0, 0.05) is 6.92 Å². The number of hydrogen-bond acceptors (Lipinski definition) is 8. The predicted octanol–water partition coefficient (Wildman–Crippen LogP) is 8.12. The molecule has 8 nitrogen and oxygen atoms in total. The third-order valence-corrected chi connectivity index (χ3v) is 7.39. The van der Waals surface area contributed by atoms with Gasteiger partial charge in [0.05, 0.1) is 40.2 Å². The van der Waals surface area contributed by atoms with E-state index in [1.165, 1.54) is 6.92 Å². The van der Waals surface area contributed by atoms with Crippen molar-refractivity contribution in [3.63, 3.8) is 0 Å². The van der Waals surface area contributed by atoms with E-state index < -0.39 is 6.16 Å². The smallest absolute Gasteiger partial charge is 0.495 e. The van der Waals surface area contributed by atoms with Crippen LogP contribution in [0, 0.1) is 14.3 Å². The number of carbonyl (C=O) groups is 3. The van der Waals surface area contributed by atoms with E-state index in [4.69, 9.17) is 18.9 Å². The van der Waals surface area contributed by atoms with Crippen LogP contribution in [0.25, 0.3) is 0 Å².